The Labute approximate surface area is 315 Å². The van der Waals surface area contributed by atoms with E-state index in [2.05, 4.69) is 34.7 Å². The van der Waals surface area contributed by atoms with Crippen LogP contribution >= 0.6 is 34.8 Å². The van der Waals surface area contributed by atoms with Crippen molar-refractivity contribution in [1.82, 2.24) is 9.80 Å². The first-order valence-corrected chi connectivity index (χ1v) is 11.4. The van der Waals surface area contributed by atoms with Crippen molar-refractivity contribution < 1.29 is 148 Å². The number of hydrogen-bond donors (Lipinski definition) is 0. The summed E-state index contributed by atoms with van der Waals surface area (Å²) in [4.78, 5) is 36.0. The SMILES string of the molecule is C=CCOC(=O)Cl.C=CCOC(=O)N1CCOCC1.CN1CCOCC1.ClCCCl.O=CO[O-].[H-].[K+].[K+]. The Bertz CT molecular complexity index is 521. The topological polar surface area (TPSA) is 127 Å². The van der Waals surface area contributed by atoms with Crippen molar-refractivity contribution in [2.75, 3.05) is 84.6 Å². The van der Waals surface area contributed by atoms with E-state index in [4.69, 9.17) is 59.1 Å². The summed E-state index contributed by atoms with van der Waals surface area (Å²) in [5, 5.41) is 8.43. The van der Waals surface area contributed by atoms with E-state index in [1.807, 2.05) is 0 Å². The molecule has 0 radical (unpaired) electrons. The molecule has 0 aromatic heterocycles. The average molecular weight is 632 g/mol. The molecule has 2 aliphatic heterocycles. The summed E-state index contributed by atoms with van der Waals surface area (Å²) in [6, 6.07) is 0. The van der Waals surface area contributed by atoms with Gasteiger partial charge in [-0.3, -0.25) is 4.79 Å². The zero-order valence-corrected chi connectivity index (χ0v) is 29.8. The number of rotatable bonds is 6. The molecule has 0 bridgehead atoms. The van der Waals surface area contributed by atoms with Crippen LogP contribution < -0.4 is 108 Å². The molecule has 0 saturated carbocycles. The normalized spacial score (nSPS) is 13.5. The summed E-state index contributed by atoms with van der Waals surface area (Å²) in [5.74, 6) is 1.11. The van der Waals surface area contributed by atoms with Crippen LogP contribution in [0.15, 0.2) is 25.3 Å². The minimum absolute atomic E-state index is 0. The summed E-state index contributed by atoms with van der Waals surface area (Å²) in [6.45, 7) is 13.5. The molecule has 0 aliphatic carbocycles. The van der Waals surface area contributed by atoms with Crippen molar-refractivity contribution in [3.8, 4) is 0 Å². The predicted molar refractivity (Wildman–Crippen MR) is 129 cm³/mol. The van der Waals surface area contributed by atoms with Crippen LogP contribution in [-0.2, 0) is 28.6 Å². The van der Waals surface area contributed by atoms with Crippen LogP contribution in [0.5, 0.6) is 0 Å². The Kier molecular flexibility index (Phi) is 54.3. The van der Waals surface area contributed by atoms with E-state index < -0.39 is 5.43 Å². The van der Waals surface area contributed by atoms with Crippen molar-refractivity contribution in [2.45, 2.75) is 0 Å². The number of morpholine rings is 2. The standard InChI is InChI=1S/C8H13NO3.C5H11NO.C4H5ClO2.C2H4Cl2.CH2O3.2K.H/c1-2-5-12-8(10)9-3-6-11-7-4-9;1-6-2-4-7-5-3-6;1-2-3-7-4(5)6;3-1-2-4;2-1-4-3;;;/h2H,1,3-7H2;2-5H2,1H3;2H,1,3H2;1-2H2;1,3H;;;/q;;;;;2*+1;-1/p-1. The molecule has 11 nitrogen and oxygen atoms in total. The second-order valence-electron chi connectivity index (χ2n) is 5.79. The van der Waals surface area contributed by atoms with Crippen molar-refractivity contribution >= 4 is 52.8 Å². The van der Waals surface area contributed by atoms with Crippen LogP contribution in [0.4, 0.5) is 9.59 Å². The number of hydrogen-bond acceptors (Lipinski definition) is 10. The molecule has 0 N–H and O–H groups in total. The Balaban J connectivity index is -0.0000000849. The molecule has 1 amide bonds. The van der Waals surface area contributed by atoms with Gasteiger partial charge in [-0.15, -0.1) is 23.2 Å². The smallest absolute Gasteiger partial charge is 1.00 e. The van der Waals surface area contributed by atoms with Gasteiger partial charge in [-0.25, -0.2) is 9.59 Å². The van der Waals surface area contributed by atoms with Gasteiger partial charge in [0.25, 0.3) is 6.47 Å². The number of amides is 1. The van der Waals surface area contributed by atoms with Gasteiger partial charge in [0.2, 0.25) is 0 Å². The van der Waals surface area contributed by atoms with Crippen molar-refractivity contribution in [2.24, 2.45) is 0 Å². The maximum atomic E-state index is 11.2. The quantitative estimate of drug-likeness (QED) is 0.0547. The fourth-order valence-corrected chi connectivity index (χ4v) is 1.81. The molecule has 0 unspecified atom stereocenters. The molecule has 2 saturated heterocycles. The van der Waals surface area contributed by atoms with Crippen molar-refractivity contribution in [1.29, 1.82) is 0 Å². The largest absolute Gasteiger partial charge is 1.00 e. The van der Waals surface area contributed by atoms with E-state index in [-0.39, 0.29) is 130 Å². The number of alkyl halides is 2. The van der Waals surface area contributed by atoms with Crippen LogP contribution in [-0.4, -0.2) is 112 Å². The molecule has 0 aromatic carbocycles. The minimum Gasteiger partial charge on any atom is -1.00 e. The number of halogens is 3. The Morgan fingerprint density at radius 3 is 1.58 bits per heavy atom. The second kappa shape index (κ2) is 41.2. The van der Waals surface area contributed by atoms with Crippen LogP contribution in [0.1, 0.15) is 1.43 Å². The van der Waals surface area contributed by atoms with E-state index in [1.54, 1.807) is 11.0 Å². The van der Waals surface area contributed by atoms with Crippen LogP contribution in [0.25, 0.3) is 0 Å². The second-order valence-corrected chi connectivity index (χ2v) is 6.85. The number of nitrogens with zero attached hydrogens (tertiary/aromatic N) is 2. The first kappa shape index (κ1) is 47.5. The van der Waals surface area contributed by atoms with Gasteiger partial charge in [0.15, 0.2) is 0 Å². The first-order valence-electron chi connectivity index (χ1n) is 9.98. The van der Waals surface area contributed by atoms with Gasteiger partial charge >= 0.3 is 114 Å². The van der Waals surface area contributed by atoms with Crippen LogP contribution in [0, 0.1) is 0 Å². The van der Waals surface area contributed by atoms with Gasteiger partial charge in [-0.1, -0.05) is 25.3 Å². The fraction of sp³-hybridized carbons (Fsp3) is 0.650. The van der Waals surface area contributed by atoms with Crippen molar-refractivity contribution in [3.63, 3.8) is 0 Å². The molecule has 2 fully saturated rings. The molecule has 202 valence electrons. The van der Waals surface area contributed by atoms with Gasteiger partial charge in [-0.2, -0.15) is 0 Å². The van der Waals surface area contributed by atoms with E-state index in [1.165, 1.54) is 6.08 Å². The third-order valence-corrected chi connectivity index (χ3v) is 3.93. The number of likely N-dealkylation sites (N-methyl/N-ethyl adjacent to an activating group) is 1. The molecule has 16 heteroatoms. The number of carbonyl (C=O) groups excluding carboxylic acids is 3. The molecule has 2 aliphatic rings. The number of carbonyl (C=O) groups is 3. The summed E-state index contributed by atoms with van der Waals surface area (Å²) in [5.41, 5.74) is -0.792. The Morgan fingerprint density at radius 2 is 1.33 bits per heavy atom. The summed E-state index contributed by atoms with van der Waals surface area (Å²) >= 11 is 14.9. The first-order chi connectivity index (χ1) is 16.3. The molecule has 0 spiro atoms. The maximum Gasteiger partial charge on any atom is 1.00 e. The molecule has 0 aromatic rings. The molecule has 2 heterocycles. The molecular formula is C20H35Cl3K2N2O9. The number of ether oxygens (including phenoxy) is 4. The van der Waals surface area contributed by atoms with Gasteiger partial charge in [-0.05, 0) is 7.05 Å². The third kappa shape index (κ3) is 42.8. The maximum absolute atomic E-state index is 11.2. The van der Waals surface area contributed by atoms with Gasteiger partial charge in [0, 0.05) is 49.5 Å². The van der Waals surface area contributed by atoms with Gasteiger partial charge < -0.3 is 40.3 Å². The van der Waals surface area contributed by atoms with Crippen molar-refractivity contribution in [3.05, 3.63) is 25.3 Å². The fourth-order valence-electron chi connectivity index (χ4n) is 1.75. The van der Waals surface area contributed by atoms with E-state index in [0.29, 0.717) is 38.1 Å². The minimum atomic E-state index is -0.792. The monoisotopic (exact) mass is 630 g/mol. The van der Waals surface area contributed by atoms with Gasteiger partial charge in [0.1, 0.15) is 13.2 Å². The summed E-state index contributed by atoms with van der Waals surface area (Å²) in [7, 11) is 2.11. The summed E-state index contributed by atoms with van der Waals surface area (Å²) < 4.78 is 19.2. The zero-order chi connectivity index (χ0) is 26.5. The molecule has 0 atom stereocenters. The van der Waals surface area contributed by atoms with E-state index in [0.717, 1.165) is 26.3 Å². The Morgan fingerprint density at radius 1 is 0.944 bits per heavy atom. The van der Waals surface area contributed by atoms with Crippen LogP contribution in [0.2, 0.25) is 0 Å². The predicted octanol–water partition coefficient (Wildman–Crippen LogP) is -3.84. The van der Waals surface area contributed by atoms with Crippen LogP contribution in [0.3, 0.4) is 0 Å². The summed E-state index contributed by atoms with van der Waals surface area (Å²) in [6.07, 6.45) is 2.72. The van der Waals surface area contributed by atoms with E-state index >= 15 is 0 Å². The molecular weight excluding hydrogens is 597 g/mol. The average Bonchev–Trinajstić information content (AvgIpc) is 2.88. The zero-order valence-electron chi connectivity index (χ0n) is 22.3. The Hall–Kier alpha value is 1.67. The van der Waals surface area contributed by atoms with Gasteiger partial charge in [0.05, 0.1) is 26.4 Å². The van der Waals surface area contributed by atoms with E-state index in [9.17, 15) is 9.59 Å². The molecule has 36 heavy (non-hydrogen) atoms. The third-order valence-electron chi connectivity index (χ3n) is 3.25. The molecule has 2 rings (SSSR count).